The Labute approximate surface area is 143 Å². The summed E-state index contributed by atoms with van der Waals surface area (Å²) in [7, 11) is 0. The van der Waals surface area contributed by atoms with Crippen LogP contribution in [0.3, 0.4) is 0 Å². The van der Waals surface area contributed by atoms with Gasteiger partial charge in [-0.25, -0.2) is 9.98 Å². The molecule has 1 aromatic carbocycles. The van der Waals surface area contributed by atoms with E-state index in [-0.39, 0.29) is 5.88 Å². The summed E-state index contributed by atoms with van der Waals surface area (Å²) in [6.45, 7) is 0. The molecule has 118 valence electrons. The normalized spacial score (nSPS) is 14.2. The van der Waals surface area contributed by atoms with Crippen LogP contribution in [0.4, 0.5) is 5.82 Å². The van der Waals surface area contributed by atoms with Crippen molar-refractivity contribution in [1.29, 1.82) is 0 Å². The number of rotatable bonds is 3. The summed E-state index contributed by atoms with van der Waals surface area (Å²) >= 11 is 4.99. The second-order valence-corrected chi connectivity index (χ2v) is 5.98. The zero-order chi connectivity index (χ0) is 16.5. The molecular weight excluding hydrogens is 320 g/mol. The summed E-state index contributed by atoms with van der Waals surface area (Å²) in [5.41, 5.74) is 4.71. The summed E-state index contributed by atoms with van der Waals surface area (Å²) in [6.07, 6.45) is 6.22. The Morgan fingerprint density at radius 1 is 1.12 bits per heavy atom. The van der Waals surface area contributed by atoms with Crippen LogP contribution >= 0.6 is 12.2 Å². The van der Waals surface area contributed by atoms with Gasteiger partial charge in [0.1, 0.15) is 5.69 Å². The number of aromatic amines is 2. The summed E-state index contributed by atoms with van der Waals surface area (Å²) in [4.78, 5) is 14.3. The third kappa shape index (κ3) is 2.79. The van der Waals surface area contributed by atoms with Gasteiger partial charge in [0.15, 0.2) is 10.6 Å². The lowest BCUT2D eigenvalue weighted by molar-refractivity contribution is 0.455. The van der Waals surface area contributed by atoms with Crippen LogP contribution < -0.4 is 0 Å². The molecule has 0 radical (unpaired) electrons. The second kappa shape index (κ2) is 5.90. The molecule has 0 atom stereocenters. The first-order chi connectivity index (χ1) is 11.7. The van der Waals surface area contributed by atoms with Gasteiger partial charge in [-0.1, -0.05) is 30.3 Å². The van der Waals surface area contributed by atoms with Crippen molar-refractivity contribution in [2.75, 3.05) is 0 Å². The van der Waals surface area contributed by atoms with E-state index in [1.54, 1.807) is 6.21 Å². The van der Waals surface area contributed by atoms with Gasteiger partial charge in [-0.2, -0.15) is 0 Å². The topological polar surface area (TPSA) is 77.1 Å². The van der Waals surface area contributed by atoms with Crippen LogP contribution in [0.15, 0.2) is 47.6 Å². The highest BCUT2D eigenvalue weighted by atomic mass is 32.1. The highest BCUT2D eigenvalue weighted by molar-refractivity contribution is 7.71. The summed E-state index contributed by atoms with van der Waals surface area (Å²) in [6, 6.07) is 12.3. The van der Waals surface area contributed by atoms with Gasteiger partial charge >= 0.3 is 0 Å². The fourth-order valence-corrected chi connectivity index (χ4v) is 2.91. The number of aliphatic imine (C=N–C) groups is 1. The van der Waals surface area contributed by atoms with Gasteiger partial charge < -0.3 is 15.1 Å². The molecule has 0 amide bonds. The molecule has 1 aliphatic heterocycles. The van der Waals surface area contributed by atoms with E-state index in [0.717, 1.165) is 23.1 Å². The summed E-state index contributed by atoms with van der Waals surface area (Å²) < 4.78 is 0.380. The number of fused-ring (bicyclic) bond motifs is 1. The van der Waals surface area contributed by atoms with E-state index in [2.05, 4.69) is 38.1 Å². The first-order valence-electron chi connectivity index (χ1n) is 7.49. The van der Waals surface area contributed by atoms with Crippen molar-refractivity contribution in [3.05, 3.63) is 69.8 Å². The fraction of sp³-hybridized carbons (Fsp3) is 0.0556. The predicted molar refractivity (Wildman–Crippen MR) is 97.2 cm³/mol. The Bertz CT molecular complexity index is 1010. The number of benzene rings is 1. The van der Waals surface area contributed by atoms with Crippen molar-refractivity contribution >= 4 is 35.9 Å². The molecule has 2 aromatic heterocycles. The summed E-state index contributed by atoms with van der Waals surface area (Å²) in [5.74, 6) is 0.703. The van der Waals surface area contributed by atoms with E-state index >= 15 is 0 Å². The lowest BCUT2D eigenvalue weighted by atomic mass is 10.0. The first kappa shape index (κ1) is 14.6. The maximum Gasteiger partial charge on any atom is 0.215 e. The second-order valence-electron chi connectivity index (χ2n) is 5.58. The van der Waals surface area contributed by atoms with Gasteiger partial charge in [0, 0.05) is 23.5 Å². The summed E-state index contributed by atoms with van der Waals surface area (Å²) in [5, 5.41) is 9.83. The molecule has 0 saturated heterocycles. The lowest BCUT2D eigenvalue weighted by Gasteiger charge is -2.05. The van der Waals surface area contributed by atoms with Gasteiger partial charge in [0.25, 0.3) is 0 Å². The minimum absolute atomic E-state index is 0.0164. The Kier molecular flexibility index (Phi) is 3.59. The number of nitrogens with zero attached hydrogens (tertiary/aromatic N) is 2. The minimum atomic E-state index is 0.0164. The van der Waals surface area contributed by atoms with Crippen molar-refractivity contribution in [2.24, 2.45) is 4.99 Å². The van der Waals surface area contributed by atoms with Gasteiger partial charge in [-0.05, 0) is 41.9 Å². The first-order valence-corrected chi connectivity index (χ1v) is 7.90. The van der Waals surface area contributed by atoms with Crippen LogP contribution in [0.1, 0.15) is 22.4 Å². The van der Waals surface area contributed by atoms with Crippen LogP contribution in [0.25, 0.3) is 11.6 Å². The molecule has 0 spiro atoms. The van der Waals surface area contributed by atoms with Crippen molar-refractivity contribution in [3.63, 3.8) is 0 Å². The van der Waals surface area contributed by atoms with Gasteiger partial charge in [-0.15, -0.1) is 0 Å². The molecule has 3 heterocycles. The minimum Gasteiger partial charge on any atom is -0.493 e. The molecule has 0 unspecified atom stereocenters. The zero-order valence-electron chi connectivity index (χ0n) is 12.7. The molecular formula is C18H14N4OS. The molecule has 0 aliphatic carbocycles. The predicted octanol–water partition coefficient (Wildman–Crippen LogP) is 4.02. The van der Waals surface area contributed by atoms with Crippen LogP contribution in [0.5, 0.6) is 5.88 Å². The molecule has 0 fully saturated rings. The largest absolute Gasteiger partial charge is 0.493 e. The zero-order valence-corrected chi connectivity index (χ0v) is 13.5. The van der Waals surface area contributed by atoms with Crippen molar-refractivity contribution in [3.8, 4) is 5.88 Å². The third-order valence-electron chi connectivity index (χ3n) is 3.85. The standard InChI is InChI=1S/C18H14N4OS/c23-17-15(21-18(24)22-17)8-13-10-20-16-14(13)7-12(9-19-16)6-11-4-2-1-3-5-11/h1-5,7-10,23H,6H2,(H2,21,22,24). The number of nitrogens with one attached hydrogen (secondary N) is 2. The van der Waals surface area contributed by atoms with Crippen molar-refractivity contribution < 1.29 is 5.11 Å². The van der Waals surface area contributed by atoms with Crippen molar-refractivity contribution in [1.82, 2.24) is 15.0 Å². The average molecular weight is 334 g/mol. The molecule has 0 saturated carbocycles. The molecule has 6 heteroatoms. The highest BCUT2D eigenvalue weighted by Crippen LogP contribution is 2.32. The molecule has 5 nitrogen and oxygen atoms in total. The lowest BCUT2D eigenvalue weighted by Crippen LogP contribution is -1.91. The Morgan fingerprint density at radius 2 is 1.96 bits per heavy atom. The number of allylic oxidation sites excluding steroid dienone is 1. The van der Waals surface area contributed by atoms with Gasteiger partial charge in [0.2, 0.25) is 5.88 Å². The number of H-pyrrole nitrogens is 2. The van der Waals surface area contributed by atoms with E-state index in [0.29, 0.717) is 16.3 Å². The molecule has 3 aromatic rings. The molecule has 24 heavy (non-hydrogen) atoms. The van der Waals surface area contributed by atoms with Crippen LogP contribution in [0, 0.1) is 4.77 Å². The van der Waals surface area contributed by atoms with Crippen molar-refractivity contribution in [2.45, 2.75) is 6.42 Å². The number of hydrogen-bond acceptors (Lipinski definition) is 4. The van der Waals surface area contributed by atoms with E-state index in [1.165, 1.54) is 5.56 Å². The third-order valence-corrected chi connectivity index (χ3v) is 4.05. The molecule has 3 N–H and O–H groups in total. The maximum atomic E-state index is 9.83. The number of aromatic hydroxyl groups is 1. The molecule has 1 aliphatic rings. The van der Waals surface area contributed by atoms with Crippen LogP contribution in [-0.2, 0) is 6.42 Å². The number of pyridine rings is 1. The number of aromatic nitrogens is 3. The van der Waals surface area contributed by atoms with E-state index < -0.39 is 0 Å². The number of hydrogen-bond donors (Lipinski definition) is 3. The molecule has 0 bridgehead atoms. The Morgan fingerprint density at radius 3 is 2.71 bits per heavy atom. The Hall–Kier alpha value is -2.99. The van der Waals surface area contributed by atoms with Gasteiger partial charge in [0.05, 0.1) is 0 Å². The van der Waals surface area contributed by atoms with E-state index in [4.69, 9.17) is 12.2 Å². The van der Waals surface area contributed by atoms with Crippen LogP contribution in [0.2, 0.25) is 0 Å². The van der Waals surface area contributed by atoms with E-state index in [1.807, 2.05) is 30.5 Å². The quantitative estimate of drug-likeness (QED) is 0.633. The molecule has 4 rings (SSSR count). The monoisotopic (exact) mass is 334 g/mol. The number of imidazole rings is 1. The fourth-order valence-electron chi connectivity index (χ4n) is 2.71. The van der Waals surface area contributed by atoms with Crippen LogP contribution in [-0.4, -0.2) is 26.3 Å². The van der Waals surface area contributed by atoms with E-state index in [9.17, 15) is 5.11 Å². The van der Waals surface area contributed by atoms with Gasteiger partial charge in [-0.3, -0.25) is 0 Å². The smallest absolute Gasteiger partial charge is 0.215 e. The maximum absolute atomic E-state index is 9.83. The highest BCUT2D eigenvalue weighted by Gasteiger charge is 2.15. The average Bonchev–Trinajstić information content (AvgIpc) is 3.12. The SMILES string of the molecule is Oc1[nH]c(=S)[nH]c1C=C1C=Nc2ncc(Cc3ccccc3)cc21. The Balaban J connectivity index is 1.69.